The van der Waals surface area contributed by atoms with Gasteiger partial charge in [-0.2, -0.15) is 0 Å². The lowest BCUT2D eigenvalue weighted by Gasteiger charge is -2.05. The zero-order chi connectivity index (χ0) is 10.8. The van der Waals surface area contributed by atoms with Gasteiger partial charge in [-0.25, -0.2) is 9.79 Å². The maximum Gasteiger partial charge on any atom is 0.235 e. The standard InChI is InChI=1S/C9H6ClNO4/c10-7-8(13)5(2-11-3-12)1-6-9(7)15-4-14-6/h1,13H,2,4H2. The Kier molecular flexibility index (Phi) is 2.49. The van der Waals surface area contributed by atoms with E-state index in [0.717, 1.165) is 0 Å². The molecule has 0 aromatic heterocycles. The second-order valence-corrected chi connectivity index (χ2v) is 3.22. The number of fused-ring (bicyclic) bond motifs is 1. The molecule has 1 N–H and O–H groups in total. The van der Waals surface area contributed by atoms with Crippen LogP contribution in [0.3, 0.4) is 0 Å². The fourth-order valence-corrected chi connectivity index (χ4v) is 1.55. The molecule has 15 heavy (non-hydrogen) atoms. The number of carbonyl (C=O) groups excluding carboxylic acids is 1. The Morgan fingerprint density at radius 3 is 3.13 bits per heavy atom. The van der Waals surface area contributed by atoms with Crippen LogP contribution in [0.2, 0.25) is 5.02 Å². The summed E-state index contributed by atoms with van der Waals surface area (Å²) < 4.78 is 10.1. The summed E-state index contributed by atoms with van der Waals surface area (Å²) in [6, 6.07) is 1.53. The Morgan fingerprint density at radius 1 is 1.60 bits per heavy atom. The average molecular weight is 228 g/mol. The normalized spacial score (nSPS) is 12.3. The van der Waals surface area contributed by atoms with E-state index in [1.54, 1.807) is 0 Å². The van der Waals surface area contributed by atoms with Crippen LogP contribution >= 0.6 is 11.6 Å². The minimum absolute atomic E-state index is 0.00565. The van der Waals surface area contributed by atoms with E-state index in [1.165, 1.54) is 12.1 Å². The number of isocyanates is 1. The molecule has 0 aliphatic carbocycles. The first kappa shape index (κ1) is 9.83. The molecule has 0 atom stereocenters. The van der Waals surface area contributed by atoms with E-state index >= 15 is 0 Å². The van der Waals surface area contributed by atoms with Crippen LogP contribution in [0.25, 0.3) is 0 Å². The third-order valence-electron chi connectivity index (χ3n) is 1.97. The summed E-state index contributed by atoms with van der Waals surface area (Å²) in [5.41, 5.74) is 0.396. The molecular formula is C9H6ClNO4. The lowest BCUT2D eigenvalue weighted by atomic mass is 10.2. The Labute approximate surface area is 89.9 Å². The Balaban J connectivity index is 2.48. The van der Waals surface area contributed by atoms with Crippen LogP contribution in [-0.2, 0) is 11.3 Å². The van der Waals surface area contributed by atoms with E-state index in [0.29, 0.717) is 17.1 Å². The molecule has 6 heteroatoms. The first-order valence-electron chi connectivity index (χ1n) is 4.07. The van der Waals surface area contributed by atoms with Crippen LogP contribution in [0.15, 0.2) is 11.1 Å². The fraction of sp³-hybridized carbons (Fsp3) is 0.222. The number of aromatic hydroxyl groups is 1. The predicted molar refractivity (Wildman–Crippen MR) is 51.1 cm³/mol. The molecule has 2 rings (SSSR count). The van der Waals surface area contributed by atoms with Crippen molar-refractivity contribution in [2.75, 3.05) is 6.79 Å². The van der Waals surface area contributed by atoms with E-state index in [-0.39, 0.29) is 24.1 Å². The van der Waals surface area contributed by atoms with Crippen molar-refractivity contribution in [3.8, 4) is 17.2 Å². The molecule has 0 spiro atoms. The second kappa shape index (κ2) is 3.81. The van der Waals surface area contributed by atoms with Crippen molar-refractivity contribution in [2.45, 2.75) is 6.54 Å². The van der Waals surface area contributed by atoms with Gasteiger partial charge >= 0.3 is 0 Å². The van der Waals surface area contributed by atoms with Gasteiger partial charge in [-0.05, 0) is 6.07 Å². The summed E-state index contributed by atoms with van der Waals surface area (Å²) in [5.74, 6) is 0.599. The molecule has 1 aliphatic heterocycles. The Bertz CT molecular complexity index is 454. The minimum Gasteiger partial charge on any atom is -0.506 e. The molecule has 0 radical (unpaired) electrons. The van der Waals surface area contributed by atoms with Gasteiger partial charge in [-0.1, -0.05) is 11.6 Å². The highest BCUT2D eigenvalue weighted by Gasteiger charge is 2.22. The van der Waals surface area contributed by atoms with Crippen LogP contribution in [0.1, 0.15) is 5.56 Å². The van der Waals surface area contributed by atoms with Crippen molar-refractivity contribution < 1.29 is 19.4 Å². The number of aliphatic imine (C=N–C) groups is 1. The number of hydrogen-bond acceptors (Lipinski definition) is 5. The van der Waals surface area contributed by atoms with E-state index in [1.807, 2.05) is 0 Å². The SMILES string of the molecule is O=C=NCc1cc2c(c(Cl)c1O)OCO2. The molecule has 5 nitrogen and oxygen atoms in total. The van der Waals surface area contributed by atoms with Gasteiger partial charge < -0.3 is 14.6 Å². The second-order valence-electron chi connectivity index (χ2n) is 2.84. The molecule has 1 aromatic carbocycles. The number of phenols is 1. The molecule has 78 valence electrons. The summed E-state index contributed by atoms with van der Waals surface area (Å²) in [4.78, 5) is 13.3. The number of benzene rings is 1. The monoisotopic (exact) mass is 227 g/mol. The molecule has 0 amide bonds. The first-order valence-corrected chi connectivity index (χ1v) is 4.45. The third kappa shape index (κ3) is 1.63. The molecule has 0 bridgehead atoms. The number of hydrogen-bond donors (Lipinski definition) is 1. The lowest BCUT2D eigenvalue weighted by molar-refractivity contribution is 0.174. The lowest BCUT2D eigenvalue weighted by Crippen LogP contribution is -1.93. The van der Waals surface area contributed by atoms with Crippen LogP contribution in [0.4, 0.5) is 0 Å². The molecule has 1 aliphatic rings. The molecule has 1 aromatic rings. The quantitative estimate of drug-likeness (QED) is 0.616. The predicted octanol–water partition coefficient (Wildman–Crippen LogP) is 1.61. The highest BCUT2D eigenvalue weighted by molar-refractivity contribution is 6.34. The zero-order valence-corrected chi connectivity index (χ0v) is 8.24. The number of phenolic OH excluding ortho intramolecular Hbond substituents is 1. The van der Waals surface area contributed by atoms with Gasteiger partial charge in [-0.15, -0.1) is 0 Å². The molecule has 0 saturated carbocycles. The maximum absolute atomic E-state index is 9.95. The smallest absolute Gasteiger partial charge is 0.235 e. The van der Waals surface area contributed by atoms with E-state index in [4.69, 9.17) is 21.1 Å². The van der Waals surface area contributed by atoms with Crippen LogP contribution in [-0.4, -0.2) is 18.0 Å². The highest BCUT2D eigenvalue weighted by Crippen LogP contribution is 2.46. The number of ether oxygens (including phenoxy) is 2. The van der Waals surface area contributed by atoms with Crippen molar-refractivity contribution in [1.29, 1.82) is 0 Å². The van der Waals surface area contributed by atoms with Crippen molar-refractivity contribution in [3.05, 3.63) is 16.7 Å². The van der Waals surface area contributed by atoms with Crippen molar-refractivity contribution in [3.63, 3.8) is 0 Å². The number of nitrogens with zero attached hydrogens (tertiary/aromatic N) is 1. The van der Waals surface area contributed by atoms with Crippen LogP contribution in [0, 0.1) is 0 Å². The van der Waals surface area contributed by atoms with Crippen LogP contribution < -0.4 is 9.47 Å². The maximum atomic E-state index is 9.95. The topological polar surface area (TPSA) is 68.1 Å². The van der Waals surface area contributed by atoms with Gasteiger partial charge in [-0.3, -0.25) is 0 Å². The summed E-state index contributed by atoms with van der Waals surface area (Å²) in [5, 5.41) is 9.70. The van der Waals surface area contributed by atoms with Gasteiger partial charge in [0.25, 0.3) is 0 Å². The fourth-order valence-electron chi connectivity index (χ4n) is 1.28. The van der Waals surface area contributed by atoms with Gasteiger partial charge in [0.1, 0.15) is 10.8 Å². The molecule has 0 saturated heterocycles. The highest BCUT2D eigenvalue weighted by atomic mass is 35.5. The first-order chi connectivity index (χ1) is 7.24. The summed E-state index contributed by atoms with van der Waals surface area (Å²) in [7, 11) is 0. The van der Waals surface area contributed by atoms with Gasteiger partial charge in [0.2, 0.25) is 12.9 Å². The summed E-state index contributed by atoms with van der Waals surface area (Å²) in [6.45, 7) is 0.0700. The zero-order valence-electron chi connectivity index (χ0n) is 7.49. The molecule has 1 heterocycles. The van der Waals surface area contributed by atoms with Crippen molar-refractivity contribution >= 4 is 17.7 Å². The Morgan fingerprint density at radius 2 is 2.40 bits per heavy atom. The Hall–Kier alpha value is -1.71. The minimum atomic E-state index is -0.153. The summed E-state index contributed by atoms with van der Waals surface area (Å²) in [6.07, 6.45) is 1.38. The van der Waals surface area contributed by atoms with E-state index < -0.39 is 0 Å². The average Bonchev–Trinajstić information content (AvgIpc) is 2.69. The summed E-state index contributed by atoms with van der Waals surface area (Å²) >= 11 is 5.83. The molecule has 0 fully saturated rings. The molecule has 0 unspecified atom stereocenters. The van der Waals surface area contributed by atoms with Crippen molar-refractivity contribution in [2.24, 2.45) is 4.99 Å². The molecular weight excluding hydrogens is 222 g/mol. The number of rotatable bonds is 2. The van der Waals surface area contributed by atoms with Crippen LogP contribution in [0.5, 0.6) is 17.2 Å². The van der Waals surface area contributed by atoms with Gasteiger partial charge in [0, 0.05) is 5.56 Å². The third-order valence-corrected chi connectivity index (χ3v) is 2.32. The van der Waals surface area contributed by atoms with E-state index in [2.05, 4.69) is 4.99 Å². The van der Waals surface area contributed by atoms with Gasteiger partial charge in [0.05, 0.1) is 6.54 Å². The van der Waals surface area contributed by atoms with E-state index in [9.17, 15) is 9.90 Å². The largest absolute Gasteiger partial charge is 0.506 e. The number of halogens is 1. The van der Waals surface area contributed by atoms with Crippen molar-refractivity contribution in [1.82, 2.24) is 0 Å². The van der Waals surface area contributed by atoms with Gasteiger partial charge in [0.15, 0.2) is 11.5 Å².